The summed E-state index contributed by atoms with van der Waals surface area (Å²) in [5.41, 5.74) is 1.10. The monoisotopic (exact) mass is 514 g/mol. The van der Waals surface area contributed by atoms with Crippen molar-refractivity contribution in [1.82, 2.24) is 20.4 Å². The van der Waals surface area contributed by atoms with E-state index in [2.05, 4.69) is 24.5 Å². The number of amides is 3. The maximum Gasteiger partial charge on any atom is 0.411 e. The summed E-state index contributed by atoms with van der Waals surface area (Å²) in [4.78, 5) is 29.3. The molecule has 1 unspecified atom stereocenters. The summed E-state index contributed by atoms with van der Waals surface area (Å²) >= 11 is 0. The van der Waals surface area contributed by atoms with Gasteiger partial charge in [0, 0.05) is 26.2 Å². The minimum Gasteiger partial charge on any atom is -0.493 e. The summed E-state index contributed by atoms with van der Waals surface area (Å²) in [5.74, 6) is 0.889. The number of carbonyl (C=O) groups excluding carboxylic acids is 2. The van der Waals surface area contributed by atoms with Crippen LogP contribution in [0.15, 0.2) is 48.5 Å². The molecule has 2 aromatic carbocycles. The standard InChI is InChI=1S/C28H39FN4O4/c1-20(2)18-36-25-12-8-21(9-13-25)14-31-26(34)33(16-22-6-10-23(29)11-7-22)24-15-30-19-32(17-24)27(35)37-28(3,4)5/h6-13,20,24,30H,14-19H2,1-5H3,(H,31,34). The van der Waals surface area contributed by atoms with Crippen LogP contribution in [-0.2, 0) is 17.8 Å². The van der Waals surface area contributed by atoms with Crippen LogP contribution in [0.2, 0.25) is 0 Å². The molecule has 1 saturated heterocycles. The predicted molar refractivity (Wildman–Crippen MR) is 141 cm³/mol. The van der Waals surface area contributed by atoms with Gasteiger partial charge in [0.2, 0.25) is 0 Å². The van der Waals surface area contributed by atoms with Gasteiger partial charge in [-0.05, 0) is 62.1 Å². The van der Waals surface area contributed by atoms with E-state index in [1.54, 1.807) is 21.9 Å². The fourth-order valence-corrected chi connectivity index (χ4v) is 3.82. The Bertz CT molecular complexity index is 1020. The zero-order chi connectivity index (χ0) is 27.0. The lowest BCUT2D eigenvalue weighted by Crippen LogP contribution is -2.60. The molecule has 0 aromatic heterocycles. The molecule has 1 fully saturated rings. The van der Waals surface area contributed by atoms with Gasteiger partial charge in [-0.3, -0.25) is 10.2 Å². The largest absolute Gasteiger partial charge is 0.493 e. The molecule has 1 heterocycles. The van der Waals surface area contributed by atoms with Gasteiger partial charge in [-0.1, -0.05) is 38.1 Å². The zero-order valence-electron chi connectivity index (χ0n) is 22.4. The fourth-order valence-electron chi connectivity index (χ4n) is 3.82. The number of carbonyl (C=O) groups is 2. The lowest BCUT2D eigenvalue weighted by molar-refractivity contribution is 0.0115. The Morgan fingerprint density at radius 3 is 2.38 bits per heavy atom. The number of benzene rings is 2. The molecule has 2 N–H and O–H groups in total. The van der Waals surface area contributed by atoms with Crippen molar-refractivity contribution in [3.63, 3.8) is 0 Å². The first-order valence-electron chi connectivity index (χ1n) is 12.7. The van der Waals surface area contributed by atoms with Crippen molar-refractivity contribution >= 4 is 12.1 Å². The van der Waals surface area contributed by atoms with Crippen LogP contribution in [0.5, 0.6) is 5.75 Å². The minimum absolute atomic E-state index is 0.266. The second-order valence-electron chi connectivity index (χ2n) is 10.7. The lowest BCUT2D eigenvalue weighted by Gasteiger charge is -2.40. The van der Waals surface area contributed by atoms with E-state index in [9.17, 15) is 14.0 Å². The number of nitrogens with zero attached hydrogens (tertiary/aromatic N) is 2. The van der Waals surface area contributed by atoms with Crippen molar-refractivity contribution in [3.05, 3.63) is 65.5 Å². The number of nitrogens with one attached hydrogen (secondary N) is 2. The molecule has 37 heavy (non-hydrogen) atoms. The Morgan fingerprint density at radius 1 is 1.11 bits per heavy atom. The summed E-state index contributed by atoms with van der Waals surface area (Å²) in [6.07, 6.45) is -0.438. The third-order valence-corrected chi connectivity index (χ3v) is 5.68. The summed E-state index contributed by atoms with van der Waals surface area (Å²) in [7, 11) is 0. The Balaban J connectivity index is 1.69. The van der Waals surface area contributed by atoms with Crippen molar-refractivity contribution in [2.24, 2.45) is 5.92 Å². The Kier molecular flexibility index (Phi) is 9.74. The molecule has 8 nitrogen and oxygen atoms in total. The topological polar surface area (TPSA) is 83.1 Å². The number of urea groups is 1. The van der Waals surface area contributed by atoms with E-state index in [4.69, 9.17) is 9.47 Å². The van der Waals surface area contributed by atoms with Crippen LogP contribution in [-0.4, -0.2) is 59.9 Å². The highest BCUT2D eigenvalue weighted by molar-refractivity contribution is 5.75. The van der Waals surface area contributed by atoms with Crippen molar-refractivity contribution in [3.8, 4) is 5.75 Å². The van der Waals surface area contributed by atoms with Crippen molar-refractivity contribution in [2.45, 2.75) is 59.4 Å². The highest BCUT2D eigenvalue weighted by Crippen LogP contribution is 2.17. The van der Waals surface area contributed by atoms with Crippen LogP contribution < -0.4 is 15.4 Å². The van der Waals surface area contributed by atoms with Gasteiger partial charge in [-0.2, -0.15) is 0 Å². The SMILES string of the molecule is CC(C)COc1ccc(CNC(=O)N(Cc2ccc(F)cc2)C2CNCN(C(=O)OC(C)(C)C)C2)cc1. The molecule has 0 saturated carbocycles. The Labute approximate surface area is 219 Å². The molecular weight excluding hydrogens is 475 g/mol. The van der Waals surface area contributed by atoms with Crippen molar-refractivity contribution < 1.29 is 23.5 Å². The van der Waals surface area contributed by atoms with Gasteiger partial charge < -0.3 is 19.7 Å². The minimum atomic E-state index is -0.620. The molecule has 0 radical (unpaired) electrons. The van der Waals surface area contributed by atoms with Crippen molar-refractivity contribution in [2.75, 3.05) is 26.4 Å². The van der Waals surface area contributed by atoms with Gasteiger partial charge in [-0.15, -0.1) is 0 Å². The summed E-state index contributed by atoms with van der Waals surface area (Å²) in [6.45, 7) is 12.0. The lowest BCUT2D eigenvalue weighted by atomic mass is 10.1. The van der Waals surface area contributed by atoms with Crippen LogP contribution in [0.25, 0.3) is 0 Å². The zero-order valence-corrected chi connectivity index (χ0v) is 22.4. The summed E-state index contributed by atoms with van der Waals surface area (Å²) in [6, 6.07) is 13.1. The number of rotatable bonds is 8. The molecular formula is C28H39FN4O4. The number of hydrogen-bond acceptors (Lipinski definition) is 5. The number of ether oxygens (including phenoxy) is 2. The third-order valence-electron chi connectivity index (χ3n) is 5.68. The second-order valence-corrected chi connectivity index (χ2v) is 10.7. The average Bonchev–Trinajstić information content (AvgIpc) is 2.85. The summed E-state index contributed by atoms with van der Waals surface area (Å²) in [5, 5.41) is 6.20. The molecule has 1 aliphatic rings. The highest BCUT2D eigenvalue weighted by atomic mass is 19.1. The predicted octanol–water partition coefficient (Wildman–Crippen LogP) is 4.74. The van der Waals surface area contributed by atoms with E-state index < -0.39 is 11.7 Å². The molecule has 9 heteroatoms. The van der Waals surface area contributed by atoms with Gasteiger partial charge in [0.05, 0.1) is 19.3 Å². The number of hydrogen-bond donors (Lipinski definition) is 2. The van der Waals surface area contributed by atoms with E-state index in [1.165, 1.54) is 12.1 Å². The maximum atomic E-state index is 13.5. The van der Waals surface area contributed by atoms with Gasteiger partial charge >= 0.3 is 12.1 Å². The van der Waals surface area contributed by atoms with Gasteiger partial charge in [-0.25, -0.2) is 14.0 Å². The van der Waals surface area contributed by atoms with Crippen molar-refractivity contribution in [1.29, 1.82) is 0 Å². The van der Waals surface area contributed by atoms with Crippen LogP contribution >= 0.6 is 0 Å². The molecule has 1 atom stereocenters. The number of halogens is 1. The first-order valence-corrected chi connectivity index (χ1v) is 12.7. The van der Waals surface area contributed by atoms with E-state index >= 15 is 0 Å². The van der Waals surface area contributed by atoms with E-state index in [0.29, 0.717) is 38.8 Å². The highest BCUT2D eigenvalue weighted by Gasteiger charge is 2.32. The van der Waals surface area contributed by atoms with Gasteiger partial charge in [0.15, 0.2) is 0 Å². The fraction of sp³-hybridized carbons (Fsp3) is 0.500. The van der Waals surface area contributed by atoms with E-state index in [0.717, 1.165) is 16.9 Å². The molecule has 202 valence electrons. The molecule has 0 bridgehead atoms. The van der Waals surface area contributed by atoms with Crippen LogP contribution in [0, 0.1) is 11.7 Å². The quantitative estimate of drug-likeness (QED) is 0.532. The van der Waals surface area contributed by atoms with Crippen LogP contribution in [0.4, 0.5) is 14.0 Å². The molecule has 0 spiro atoms. The normalized spacial score (nSPS) is 15.9. The molecule has 2 aromatic rings. The molecule has 3 amide bonds. The molecule has 1 aliphatic heterocycles. The molecule has 0 aliphatic carbocycles. The summed E-state index contributed by atoms with van der Waals surface area (Å²) < 4.78 is 24.7. The maximum absolute atomic E-state index is 13.5. The first kappa shape index (κ1) is 28.2. The van der Waals surface area contributed by atoms with E-state index in [1.807, 2.05) is 45.0 Å². The molecule has 3 rings (SSSR count). The second kappa shape index (κ2) is 12.8. The van der Waals surface area contributed by atoms with Crippen LogP contribution in [0.3, 0.4) is 0 Å². The van der Waals surface area contributed by atoms with Gasteiger partial charge in [0.1, 0.15) is 17.2 Å². The van der Waals surface area contributed by atoms with Gasteiger partial charge in [0.25, 0.3) is 0 Å². The van der Waals surface area contributed by atoms with E-state index in [-0.39, 0.29) is 24.4 Å². The third kappa shape index (κ3) is 9.24. The Hall–Kier alpha value is -3.33. The van der Waals surface area contributed by atoms with Crippen LogP contribution in [0.1, 0.15) is 45.7 Å². The average molecular weight is 515 g/mol. The Morgan fingerprint density at radius 2 is 1.76 bits per heavy atom. The smallest absolute Gasteiger partial charge is 0.411 e. The first-order chi connectivity index (χ1) is 17.5.